The average molecular weight is 382 g/mol. The van der Waals surface area contributed by atoms with Gasteiger partial charge in [0.15, 0.2) is 0 Å². The molecule has 4 radical (unpaired) electrons. The van der Waals surface area contributed by atoms with E-state index >= 15 is 0 Å². The zero-order valence-electron chi connectivity index (χ0n) is 12.3. The quantitative estimate of drug-likeness (QED) is 0.350. The number of rotatable bonds is 6. The molecule has 0 aliphatic heterocycles. The first-order valence-corrected chi connectivity index (χ1v) is 7.84. The second-order valence-corrected chi connectivity index (χ2v) is 6.26. The topological polar surface area (TPSA) is 80.7 Å². The molecule has 0 fully saturated rings. The summed E-state index contributed by atoms with van der Waals surface area (Å²) >= 11 is 0. The lowest BCUT2D eigenvalue weighted by molar-refractivity contribution is -0.248. The molecule has 0 aliphatic carbocycles. The molecule has 1 aromatic carbocycles. The number of halogens is 5. The van der Waals surface area contributed by atoms with Crippen molar-refractivity contribution in [2.24, 2.45) is 0 Å². The number of ether oxygens (including phenoxy) is 1. The summed E-state index contributed by atoms with van der Waals surface area (Å²) in [7, 11) is 4.16. The highest BCUT2D eigenvalue weighted by Crippen LogP contribution is 2.38. The molecule has 1 atom stereocenters. The SMILES string of the molecule is [B]Cc1ccc(C(=O)OC(C(F)(F)F)C(F)(F)S(=O)(=O)O)c(C[B])c1. The molecule has 1 N–H and O–H groups in total. The highest BCUT2D eigenvalue weighted by atomic mass is 32.2. The van der Waals surface area contributed by atoms with Gasteiger partial charge in [0.05, 0.1) is 21.3 Å². The molecule has 13 heteroatoms. The van der Waals surface area contributed by atoms with Crippen LogP contribution < -0.4 is 0 Å². The fourth-order valence-electron chi connectivity index (χ4n) is 1.77. The molecule has 0 saturated carbocycles. The van der Waals surface area contributed by atoms with Crippen LogP contribution in [0.15, 0.2) is 18.2 Å². The predicted molar refractivity (Wildman–Crippen MR) is 77.1 cm³/mol. The molecule has 1 aromatic rings. The van der Waals surface area contributed by atoms with Gasteiger partial charge in [-0.1, -0.05) is 30.3 Å². The van der Waals surface area contributed by atoms with Crippen LogP contribution in [0.4, 0.5) is 22.0 Å². The third-order valence-corrected chi connectivity index (χ3v) is 3.92. The summed E-state index contributed by atoms with van der Waals surface area (Å²) in [5, 5.41) is -5.80. The molecular weight excluding hydrogens is 373 g/mol. The molecule has 0 aromatic heterocycles. The van der Waals surface area contributed by atoms with Crippen LogP contribution in [-0.4, -0.2) is 52.2 Å². The van der Waals surface area contributed by atoms with Gasteiger partial charge in [-0.15, -0.1) is 0 Å². The van der Waals surface area contributed by atoms with Crippen LogP contribution in [0.2, 0.25) is 0 Å². The number of benzene rings is 1. The van der Waals surface area contributed by atoms with Crippen LogP contribution in [-0.2, 0) is 27.5 Å². The molecule has 0 saturated heterocycles. The Morgan fingerprint density at radius 2 is 1.72 bits per heavy atom. The Bertz CT molecular complexity index is 751. The average Bonchev–Trinajstić information content (AvgIpc) is 2.49. The Labute approximate surface area is 142 Å². The van der Waals surface area contributed by atoms with E-state index in [2.05, 4.69) is 4.74 Å². The Hall–Kier alpha value is -1.62. The third-order valence-electron chi connectivity index (χ3n) is 3.02. The van der Waals surface area contributed by atoms with E-state index < -0.39 is 39.2 Å². The minimum absolute atomic E-state index is 0.00826. The van der Waals surface area contributed by atoms with E-state index in [0.717, 1.165) is 6.07 Å². The van der Waals surface area contributed by atoms with Gasteiger partial charge in [0.25, 0.3) is 6.10 Å². The number of carbonyl (C=O) groups excluding carboxylic acids is 1. The predicted octanol–water partition coefficient (Wildman–Crippen LogP) is 1.59. The summed E-state index contributed by atoms with van der Waals surface area (Å²) in [6.07, 6.45) is -10.7. The van der Waals surface area contributed by atoms with Gasteiger partial charge < -0.3 is 4.74 Å². The fourth-order valence-corrected chi connectivity index (χ4v) is 2.23. The van der Waals surface area contributed by atoms with Gasteiger partial charge >= 0.3 is 27.5 Å². The van der Waals surface area contributed by atoms with Crippen LogP contribution in [0.1, 0.15) is 21.5 Å². The highest BCUT2D eigenvalue weighted by molar-refractivity contribution is 7.86. The number of esters is 1. The van der Waals surface area contributed by atoms with Crippen LogP contribution in [0, 0.1) is 0 Å². The van der Waals surface area contributed by atoms with Gasteiger partial charge in [-0.3, -0.25) is 4.55 Å². The lowest BCUT2D eigenvalue weighted by Crippen LogP contribution is -2.52. The van der Waals surface area contributed by atoms with Gasteiger partial charge in [0.1, 0.15) is 0 Å². The molecule has 1 rings (SSSR count). The largest absolute Gasteiger partial charge is 0.441 e. The van der Waals surface area contributed by atoms with Crippen LogP contribution in [0.3, 0.4) is 0 Å². The minimum Gasteiger partial charge on any atom is -0.441 e. The number of hydrogen-bond acceptors (Lipinski definition) is 4. The number of carbonyl (C=O) groups is 1. The van der Waals surface area contributed by atoms with E-state index in [0.29, 0.717) is 5.56 Å². The second-order valence-electron chi connectivity index (χ2n) is 4.76. The number of hydrogen-bond donors (Lipinski definition) is 1. The summed E-state index contributed by atoms with van der Waals surface area (Å²) < 4.78 is 98.1. The Balaban J connectivity index is 3.30. The van der Waals surface area contributed by atoms with Gasteiger partial charge in [0, 0.05) is 0 Å². The van der Waals surface area contributed by atoms with Gasteiger partial charge in [0.2, 0.25) is 0 Å². The van der Waals surface area contributed by atoms with E-state index in [9.17, 15) is 35.2 Å². The highest BCUT2D eigenvalue weighted by Gasteiger charge is 2.66. The standard InChI is InChI=1S/C12H9B2F5O5S/c13-4-6-1-2-8(7(3-6)5-14)9(20)24-10(11(15,16)17)12(18,19)25(21,22)23/h1-3,10H,4-5H2,(H,21,22,23). The van der Waals surface area contributed by atoms with Crippen LogP contribution >= 0.6 is 0 Å². The summed E-state index contributed by atoms with van der Waals surface area (Å²) in [5.41, 5.74) is -0.184. The van der Waals surface area contributed by atoms with Crippen molar-refractivity contribution in [2.45, 2.75) is 30.2 Å². The van der Waals surface area contributed by atoms with E-state index in [1.54, 1.807) is 0 Å². The summed E-state index contributed by atoms with van der Waals surface area (Å²) in [6.45, 7) is 0. The van der Waals surface area contributed by atoms with Gasteiger partial charge in [-0.2, -0.15) is 30.4 Å². The lowest BCUT2D eigenvalue weighted by Gasteiger charge is -2.26. The zero-order valence-corrected chi connectivity index (χ0v) is 13.1. The molecule has 0 amide bonds. The summed E-state index contributed by atoms with van der Waals surface area (Å²) in [6, 6.07) is 3.42. The molecule has 0 heterocycles. The summed E-state index contributed by atoms with van der Waals surface area (Å²) in [5.74, 6) is -1.89. The van der Waals surface area contributed by atoms with Crippen LogP contribution in [0.5, 0.6) is 0 Å². The van der Waals surface area contributed by atoms with Crippen molar-refractivity contribution < 1.29 is 44.5 Å². The molecule has 5 nitrogen and oxygen atoms in total. The van der Waals surface area contributed by atoms with Gasteiger partial charge in [-0.25, -0.2) is 4.79 Å². The molecule has 0 spiro atoms. The Morgan fingerprint density at radius 1 is 1.16 bits per heavy atom. The van der Waals surface area contributed by atoms with Crippen molar-refractivity contribution in [2.75, 3.05) is 0 Å². The Kier molecular flexibility index (Phi) is 6.27. The lowest BCUT2D eigenvalue weighted by atomic mass is 9.88. The molecule has 0 bridgehead atoms. The van der Waals surface area contributed by atoms with Gasteiger partial charge in [-0.05, 0) is 11.6 Å². The minimum atomic E-state index is -6.51. The van der Waals surface area contributed by atoms with E-state index in [1.807, 2.05) is 0 Å². The first kappa shape index (κ1) is 21.4. The maximum absolute atomic E-state index is 13.4. The van der Waals surface area contributed by atoms with Crippen molar-refractivity contribution >= 4 is 31.8 Å². The van der Waals surface area contributed by atoms with Crippen molar-refractivity contribution in [3.8, 4) is 0 Å². The van der Waals surface area contributed by atoms with Crippen molar-refractivity contribution in [1.82, 2.24) is 0 Å². The molecule has 25 heavy (non-hydrogen) atoms. The first-order valence-electron chi connectivity index (χ1n) is 6.40. The van der Waals surface area contributed by atoms with Crippen molar-refractivity contribution in [3.05, 3.63) is 34.9 Å². The second kappa shape index (κ2) is 7.32. The van der Waals surface area contributed by atoms with E-state index in [-0.39, 0.29) is 18.2 Å². The third kappa shape index (κ3) is 4.72. The van der Waals surface area contributed by atoms with E-state index in [1.165, 1.54) is 12.1 Å². The monoisotopic (exact) mass is 382 g/mol. The molecule has 134 valence electrons. The first-order chi connectivity index (χ1) is 11.3. The van der Waals surface area contributed by atoms with Crippen molar-refractivity contribution in [1.29, 1.82) is 0 Å². The Morgan fingerprint density at radius 3 is 2.12 bits per heavy atom. The maximum atomic E-state index is 13.4. The molecule has 1 unspecified atom stereocenters. The normalized spacial score (nSPS) is 14.2. The molecule has 0 aliphatic rings. The maximum Gasteiger partial charge on any atom is 0.432 e. The van der Waals surface area contributed by atoms with E-state index in [4.69, 9.17) is 20.2 Å². The molecular formula is C12H9B2F5O5S. The van der Waals surface area contributed by atoms with Crippen LogP contribution in [0.25, 0.3) is 0 Å². The fraction of sp³-hybridized carbons (Fsp3) is 0.417. The van der Waals surface area contributed by atoms with Crippen molar-refractivity contribution in [3.63, 3.8) is 0 Å². The summed E-state index contributed by atoms with van der Waals surface area (Å²) in [4.78, 5) is 11.8. The smallest absolute Gasteiger partial charge is 0.432 e. The zero-order chi connectivity index (χ0) is 19.6. The number of alkyl halides is 5.